The maximum absolute atomic E-state index is 8.48. The molecule has 2 heteroatoms. The summed E-state index contributed by atoms with van der Waals surface area (Å²) in [5, 5.41) is 8.48. The Hall–Kier alpha value is -1.28. The first kappa shape index (κ1) is 9.81. The Morgan fingerprint density at radius 1 is 1.38 bits per heavy atom. The number of aliphatic hydroxyl groups excluding tert-OH is 1. The van der Waals surface area contributed by atoms with Crippen molar-refractivity contribution in [2.45, 2.75) is 13.0 Å². The third-order valence-electron chi connectivity index (χ3n) is 1.75. The van der Waals surface area contributed by atoms with Crippen LogP contribution in [0.25, 0.3) is 0 Å². The van der Waals surface area contributed by atoms with Crippen LogP contribution in [0.4, 0.5) is 0 Å². The molecule has 1 atom stereocenters. The maximum Gasteiger partial charge on any atom is 0.120 e. The van der Waals surface area contributed by atoms with E-state index in [-0.39, 0.29) is 12.7 Å². The van der Waals surface area contributed by atoms with Crippen molar-refractivity contribution >= 4 is 0 Å². The van der Waals surface area contributed by atoms with Gasteiger partial charge in [-0.3, -0.25) is 0 Å². The van der Waals surface area contributed by atoms with Crippen molar-refractivity contribution in [1.82, 2.24) is 0 Å². The molecule has 0 spiro atoms. The van der Waals surface area contributed by atoms with Gasteiger partial charge in [0.2, 0.25) is 0 Å². The largest absolute Gasteiger partial charge is 0.494 e. The fourth-order valence-electron chi connectivity index (χ4n) is 1.02. The molecule has 0 aliphatic rings. The quantitative estimate of drug-likeness (QED) is 0.717. The molecule has 0 heterocycles. The number of hydrogen-bond donors (Lipinski definition) is 1. The normalized spacial score (nSPS) is 13.1. The van der Waals surface area contributed by atoms with Gasteiger partial charge in [-0.15, -0.1) is 0 Å². The van der Waals surface area contributed by atoms with Gasteiger partial charge in [0.05, 0.1) is 12.9 Å². The molecule has 0 saturated carbocycles. The van der Waals surface area contributed by atoms with Crippen molar-refractivity contribution < 1.29 is 9.84 Å². The highest BCUT2D eigenvalue weighted by molar-refractivity contribution is 5.16. The van der Waals surface area contributed by atoms with Crippen LogP contribution < -0.4 is 0 Å². The molecule has 0 aliphatic carbocycles. The van der Waals surface area contributed by atoms with Gasteiger partial charge in [-0.1, -0.05) is 30.3 Å². The molecule has 0 fully saturated rings. The van der Waals surface area contributed by atoms with E-state index in [2.05, 4.69) is 0 Å². The van der Waals surface area contributed by atoms with Crippen LogP contribution in [0.15, 0.2) is 42.7 Å². The number of hydrogen-bond acceptors (Lipinski definition) is 2. The molecular formula is C11H14O2. The van der Waals surface area contributed by atoms with Crippen LogP contribution in [0.1, 0.15) is 18.6 Å². The van der Waals surface area contributed by atoms with Crippen LogP contribution in [0.5, 0.6) is 0 Å². The monoisotopic (exact) mass is 178 g/mol. The smallest absolute Gasteiger partial charge is 0.120 e. The second kappa shape index (κ2) is 5.38. The second-order valence-electron chi connectivity index (χ2n) is 2.74. The summed E-state index contributed by atoms with van der Waals surface area (Å²) in [5.41, 5.74) is 1.13. The number of aliphatic hydroxyl groups is 1. The van der Waals surface area contributed by atoms with Gasteiger partial charge >= 0.3 is 0 Å². The molecule has 70 valence electrons. The number of benzene rings is 1. The molecule has 0 amide bonds. The Bertz CT molecular complexity index is 254. The molecule has 13 heavy (non-hydrogen) atoms. The van der Waals surface area contributed by atoms with Crippen molar-refractivity contribution in [2.24, 2.45) is 0 Å². The second-order valence-corrected chi connectivity index (χ2v) is 2.74. The topological polar surface area (TPSA) is 29.5 Å². The van der Waals surface area contributed by atoms with E-state index in [1.54, 1.807) is 6.08 Å². The predicted molar refractivity (Wildman–Crippen MR) is 52.2 cm³/mol. The standard InChI is InChI=1S/C11H14O2/c1-10(13-9-5-8-12)11-6-3-2-4-7-11/h2-7,9-10,12H,8H2,1H3/b9-5+/t10-/m0/s1. The predicted octanol–water partition coefficient (Wildman–Crippen LogP) is 2.27. The van der Waals surface area contributed by atoms with Crippen LogP contribution in [-0.2, 0) is 4.74 Å². The summed E-state index contributed by atoms with van der Waals surface area (Å²) in [6.45, 7) is 1.98. The van der Waals surface area contributed by atoms with Crippen LogP contribution in [-0.4, -0.2) is 11.7 Å². The summed E-state index contributed by atoms with van der Waals surface area (Å²) in [7, 11) is 0. The van der Waals surface area contributed by atoms with E-state index in [0.717, 1.165) is 5.56 Å². The van der Waals surface area contributed by atoms with Crippen LogP contribution in [0.2, 0.25) is 0 Å². The summed E-state index contributed by atoms with van der Waals surface area (Å²) in [6, 6.07) is 9.95. The van der Waals surface area contributed by atoms with Gasteiger partial charge in [0.1, 0.15) is 6.10 Å². The summed E-state index contributed by atoms with van der Waals surface area (Å²) in [4.78, 5) is 0. The molecule has 0 aromatic heterocycles. The highest BCUT2D eigenvalue weighted by atomic mass is 16.5. The molecule has 0 bridgehead atoms. The van der Waals surface area contributed by atoms with E-state index in [9.17, 15) is 0 Å². The zero-order chi connectivity index (χ0) is 9.52. The maximum atomic E-state index is 8.48. The van der Waals surface area contributed by atoms with Crippen molar-refractivity contribution in [3.8, 4) is 0 Å². The molecule has 1 N–H and O–H groups in total. The summed E-state index contributed by atoms with van der Waals surface area (Å²) in [6.07, 6.45) is 3.13. The number of rotatable bonds is 4. The summed E-state index contributed by atoms with van der Waals surface area (Å²) >= 11 is 0. The highest BCUT2D eigenvalue weighted by Gasteiger charge is 2.01. The summed E-state index contributed by atoms with van der Waals surface area (Å²) < 4.78 is 5.33. The third-order valence-corrected chi connectivity index (χ3v) is 1.75. The Morgan fingerprint density at radius 3 is 2.69 bits per heavy atom. The van der Waals surface area contributed by atoms with Gasteiger partial charge in [-0.25, -0.2) is 0 Å². The van der Waals surface area contributed by atoms with E-state index in [4.69, 9.17) is 9.84 Å². The molecule has 1 rings (SSSR count). The van der Waals surface area contributed by atoms with Crippen molar-refractivity contribution in [3.63, 3.8) is 0 Å². The molecule has 0 aliphatic heterocycles. The first-order chi connectivity index (χ1) is 6.34. The molecule has 0 radical (unpaired) electrons. The van der Waals surface area contributed by atoms with E-state index in [1.807, 2.05) is 37.3 Å². The average Bonchev–Trinajstić information content (AvgIpc) is 2.19. The average molecular weight is 178 g/mol. The van der Waals surface area contributed by atoms with Crippen molar-refractivity contribution in [1.29, 1.82) is 0 Å². The van der Waals surface area contributed by atoms with Crippen LogP contribution in [0, 0.1) is 0 Å². The Kier molecular flexibility index (Phi) is 4.06. The SMILES string of the molecule is C[C@H](O/C=C/CO)c1ccccc1. The minimum absolute atomic E-state index is 0.0154. The van der Waals surface area contributed by atoms with Gasteiger partial charge in [0.15, 0.2) is 0 Å². The van der Waals surface area contributed by atoms with Crippen molar-refractivity contribution in [3.05, 3.63) is 48.2 Å². The lowest BCUT2D eigenvalue weighted by molar-refractivity contribution is 0.162. The molecule has 2 nitrogen and oxygen atoms in total. The van der Waals surface area contributed by atoms with E-state index in [1.165, 1.54) is 6.26 Å². The molecular weight excluding hydrogens is 164 g/mol. The molecule has 1 aromatic rings. The molecule has 0 saturated heterocycles. The molecule has 0 unspecified atom stereocenters. The fourth-order valence-corrected chi connectivity index (χ4v) is 1.02. The minimum atomic E-state index is 0.0154. The van der Waals surface area contributed by atoms with Gasteiger partial charge in [-0.05, 0) is 18.6 Å². The Labute approximate surface area is 78.5 Å². The Balaban J connectivity index is 2.49. The van der Waals surface area contributed by atoms with Gasteiger partial charge < -0.3 is 9.84 Å². The third kappa shape index (κ3) is 3.30. The fraction of sp³-hybridized carbons (Fsp3) is 0.273. The zero-order valence-electron chi connectivity index (χ0n) is 7.68. The zero-order valence-corrected chi connectivity index (χ0v) is 7.68. The lowest BCUT2D eigenvalue weighted by Crippen LogP contribution is -1.94. The van der Waals surface area contributed by atoms with Gasteiger partial charge in [-0.2, -0.15) is 0 Å². The first-order valence-electron chi connectivity index (χ1n) is 4.31. The van der Waals surface area contributed by atoms with E-state index in [0.29, 0.717) is 0 Å². The van der Waals surface area contributed by atoms with E-state index >= 15 is 0 Å². The lowest BCUT2D eigenvalue weighted by Gasteiger charge is -2.10. The van der Waals surface area contributed by atoms with Gasteiger partial charge in [0, 0.05) is 0 Å². The van der Waals surface area contributed by atoms with Crippen LogP contribution in [0.3, 0.4) is 0 Å². The first-order valence-corrected chi connectivity index (χ1v) is 4.31. The Morgan fingerprint density at radius 2 is 2.08 bits per heavy atom. The van der Waals surface area contributed by atoms with Crippen LogP contribution >= 0.6 is 0 Å². The highest BCUT2D eigenvalue weighted by Crippen LogP contribution is 2.15. The lowest BCUT2D eigenvalue weighted by atomic mass is 10.1. The van der Waals surface area contributed by atoms with E-state index < -0.39 is 0 Å². The molecule has 1 aromatic carbocycles. The van der Waals surface area contributed by atoms with Crippen molar-refractivity contribution in [2.75, 3.05) is 6.61 Å². The van der Waals surface area contributed by atoms with Gasteiger partial charge in [0.25, 0.3) is 0 Å². The number of ether oxygens (including phenoxy) is 1. The summed E-state index contributed by atoms with van der Waals surface area (Å²) in [5.74, 6) is 0. The minimum Gasteiger partial charge on any atom is -0.494 e.